The Balaban J connectivity index is 1.51. The number of hydrogen-bond donors (Lipinski definition) is 1. The molecular weight excluding hydrogens is 376 g/mol. The molecule has 1 fully saturated rings. The SMILES string of the molecule is Cc1noc(-c2cnc(C)nc2N2CCCC(C(=O)NCc3cccs3)C2)n1. The zero-order valence-electron chi connectivity index (χ0n) is 15.9. The number of aryl methyl sites for hydroxylation is 2. The third kappa shape index (κ3) is 4.04. The van der Waals surface area contributed by atoms with Crippen LogP contribution in [0.15, 0.2) is 28.2 Å². The van der Waals surface area contributed by atoms with Crippen molar-refractivity contribution >= 4 is 23.1 Å². The number of piperidine rings is 1. The number of carbonyl (C=O) groups excluding carboxylic acids is 1. The third-order valence-corrected chi connectivity index (χ3v) is 5.63. The highest BCUT2D eigenvalue weighted by Crippen LogP contribution is 2.30. The van der Waals surface area contributed by atoms with E-state index in [0.29, 0.717) is 36.2 Å². The molecule has 0 aromatic carbocycles. The first kappa shape index (κ1) is 18.5. The van der Waals surface area contributed by atoms with Gasteiger partial charge in [0, 0.05) is 24.2 Å². The molecule has 28 heavy (non-hydrogen) atoms. The van der Waals surface area contributed by atoms with Crippen molar-refractivity contribution in [2.45, 2.75) is 33.2 Å². The smallest absolute Gasteiger partial charge is 0.263 e. The van der Waals surface area contributed by atoms with Crippen LogP contribution in [0.4, 0.5) is 5.82 Å². The van der Waals surface area contributed by atoms with E-state index in [2.05, 4.69) is 30.3 Å². The van der Waals surface area contributed by atoms with Crippen LogP contribution in [0.1, 0.15) is 29.4 Å². The topological polar surface area (TPSA) is 97.0 Å². The second-order valence-electron chi connectivity index (χ2n) is 6.88. The van der Waals surface area contributed by atoms with Gasteiger partial charge in [0.25, 0.3) is 5.89 Å². The molecule has 146 valence electrons. The van der Waals surface area contributed by atoms with Gasteiger partial charge in [-0.25, -0.2) is 9.97 Å². The van der Waals surface area contributed by atoms with Crippen molar-refractivity contribution in [3.05, 3.63) is 40.2 Å². The van der Waals surface area contributed by atoms with Crippen LogP contribution in [0, 0.1) is 19.8 Å². The molecule has 1 N–H and O–H groups in total. The van der Waals surface area contributed by atoms with Gasteiger partial charge in [0.2, 0.25) is 5.91 Å². The number of anilines is 1. The van der Waals surface area contributed by atoms with Gasteiger partial charge in [-0.05, 0) is 38.1 Å². The van der Waals surface area contributed by atoms with Crippen LogP contribution in [0.3, 0.4) is 0 Å². The Bertz CT molecular complexity index is 955. The average molecular weight is 398 g/mol. The van der Waals surface area contributed by atoms with Gasteiger partial charge in [-0.15, -0.1) is 11.3 Å². The van der Waals surface area contributed by atoms with Gasteiger partial charge in [-0.1, -0.05) is 11.2 Å². The monoisotopic (exact) mass is 398 g/mol. The molecule has 4 rings (SSSR count). The van der Waals surface area contributed by atoms with Crippen molar-refractivity contribution in [1.82, 2.24) is 25.4 Å². The van der Waals surface area contributed by atoms with Crippen LogP contribution in [0.2, 0.25) is 0 Å². The molecule has 0 aliphatic carbocycles. The second kappa shape index (κ2) is 8.05. The Morgan fingerprint density at radius 3 is 3.00 bits per heavy atom. The lowest BCUT2D eigenvalue weighted by Crippen LogP contribution is -2.43. The largest absolute Gasteiger partial charge is 0.355 e. The van der Waals surface area contributed by atoms with Crippen LogP contribution in [-0.2, 0) is 11.3 Å². The summed E-state index contributed by atoms with van der Waals surface area (Å²) in [4.78, 5) is 29.2. The van der Waals surface area contributed by atoms with Crippen LogP contribution in [0.5, 0.6) is 0 Å². The van der Waals surface area contributed by atoms with Gasteiger partial charge in [0.05, 0.1) is 12.5 Å². The van der Waals surface area contributed by atoms with Gasteiger partial charge < -0.3 is 14.7 Å². The number of thiophene rings is 1. The van der Waals surface area contributed by atoms with Crippen LogP contribution < -0.4 is 10.2 Å². The van der Waals surface area contributed by atoms with E-state index in [0.717, 1.165) is 30.1 Å². The predicted molar refractivity (Wildman–Crippen MR) is 106 cm³/mol. The fourth-order valence-electron chi connectivity index (χ4n) is 3.37. The van der Waals surface area contributed by atoms with Gasteiger partial charge in [0.15, 0.2) is 5.82 Å². The van der Waals surface area contributed by atoms with Crippen molar-refractivity contribution in [3.8, 4) is 11.5 Å². The van der Waals surface area contributed by atoms with Gasteiger partial charge >= 0.3 is 0 Å². The van der Waals surface area contributed by atoms with Gasteiger partial charge in [0.1, 0.15) is 17.2 Å². The maximum atomic E-state index is 12.7. The summed E-state index contributed by atoms with van der Waals surface area (Å²) in [6.07, 6.45) is 3.50. The summed E-state index contributed by atoms with van der Waals surface area (Å²) in [5.41, 5.74) is 0.700. The minimum Gasteiger partial charge on any atom is -0.355 e. The molecule has 1 unspecified atom stereocenters. The number of nitrogens with one attached hydrogen (secondary N) is 1. The Morgan fingerprint density at radius 2 is 2.25 bits per heavy atom. The first-order chi connectivity index (χ1) is 13.6. The summed E-state index contributed by atoms with van der Waals surface area (Å²) in [6, 6.07) is 4.02. The lowest BCUT2D eigenvalue weighted by atomic mass is 9.96. The molecule has 8 nitrogen and oxygen atoms in total. The maximum Gasteiger partial charge on any atom is 0.263 e. The number of hydrogen-bond acceptors (Lipinski definition) is 8. The zero-order valence-corrected chi connectivity index (χ0v) is 16.7. The van der Waals surface area contributed by atoms with Crippen LogP contribution >= 0.6 is 11.3 Å². The molecule has 0 spiro atoms. The molecule has 1 aliphatic heterocycles. The molecule has 0 radical (unpaired) electrons. The highest BCUT2D eigenvalue weighted by Gasteiger charge is 2.29. The maximum absolute atomic E-state index is 12.7. The summed E-state index contributed by atoms with van der Waals surface area (Å²) in [5.74, 6) is 2.37. The van der Waals surface area contributed by atoms with E-state index in [1.807, 2.05) is 24.4 Å². The molecule has 1 amide bonds. The standard InChI is InChI=1S/C19H22N6O2S/c1-12-20-10-16(19-23-13(2)24-27-19)17(22-12)25-7-3-5-14(11-25)18(26)21-9-15-6-4-8-28-15/h4,6,8,10,14H,3,5,7,9,11H2,1-2H3,(H,21,26). The first-order valence-electron chi connectivity index (χ1n) is 9.29. The average Bonchev–Trinajstić information content (AvgIpc) is 3.38. The van der Waals surface area contributed by atoms with E-state index in [4.69, 9.17) is 4.52 Å². The molecule has 4 heterocycles. The van der Waals surface area contributed by atoms with E-state index in [-0.39, 0.29) is 11.8 Å². The molecule has 1 aliphatic rings. The summed E-state index contributed by atoms with van der Waals surface area (Å²) in [7, 11) is 0. The van der Waals surface area contributed by atoms with E-state index >= 15 is 0 Å². The van der Waals surface area contributed by atoms with Crippen LogP contribution in [-0.4, -0.2) is 39.1 Å². The quantitative estimate of drug-likeness (QED) is 0.706. The number of amides is 1. The third-order valence-electron chi connectivity index (χ3n) is 4.76. The first-order valence-corrected chi connectivity index (χ1v) is 10.2. The molecule has 3 aromatic rings. The molecule has 0 saturated carbocycles. The van der Waals surface area contributed by atoms with Crippen molar-refractivity contribution < 1.29 is 9.32 Å². The predicted octanol–water partition coefficient (Wildman–Crippen LogP) is 2.74. The lowest BCUT2D eigenvalue weighted by Gasteiger charge is -2.33. The summed E-state index contributed by atoms with van der Waals surface area (Å²) in [6.45, 7) is 5.63. The van der Waals surface area contributed by atoms with Crippen molar-refractivity contribution in [2.75, 3.05) is 18.0 Å². The molecule has 1 saturated heterocycles. The Hall–Kier alpha value is -2.81. The fourth-order valence-corrected chi connectivity index (χ4v) is 4.02. The Morgan fingerprint density at radius 1 is 1.36 bits per heavy atom. The second-order valence-corrected chi connectivity index (χ2v) is 7.92. The minimum absolute atomic E-state index is 0.0822. The van der Waals surface area contributed by atoms with Crippen molar-refractivity contribution in [3.63, 3.8) is 0 Å². The normalized spacial score (nSPS) is 16.9. The van der Waals surface area contributed by atoms with E-state index in [1.54, 1.807) is 24.5 Å². The molecule has 3 aromatic heterocycles. The summed E-state index contributed by atoms with van der Waals surface area (Å²) >= 11 is 1.65. The molecule has 0 bridgehead atoms. The molecule has 9 heteroatoms. The number of rotatable bonds is 5. The number of carbonyl (C=O) groups is 1. The van der Waals surface area contributed by atoms with Crippen molar-refractivity contribution in [1.29, 1.82) is 0 Å². The lowest BCUT2D eigenvalue weighted by molar-refractivity contribution is -0.125. The highest BCUT2D eigenvalue weighted by molar-refractivity contribution is 7.09. The summed E-state index contributed by atoms with van der Waals surface area (Å²) < 4.78 is 5.33. The van der Waals surface area contributed by atoms with Gasteiger partial charge in [-0.3, -0.25) is 4.79 Å². The Labute approximate surface area is 167 Å². The molecular formula is C19H22N6O2S. The van der Waals surface area contributed by atoms with E-state index < -0.39 is 0 Å². The van der Waals surface area contributed by atoms with E-state index in [1.165, 1.54) is 0 Å². The summed E-state index contributed by atoms with van der Waals surface area (Å²) in [5, 5.41) is 8.95. The van der Waals surface area contributed by atoms with E-state index in [9.17, 15) is 4.79 Å². The zero-order chi connectivity index (χ0) is 19.5. The molecule has 1 atom stereocenters. The van der Waals surface area contributed by atoms with Gasteiger partial charge in [-0.2, -0.15) is 4.98 Å². The minimum atomic E-state index is -0.0822. The fraction of sp³-hybridized carbons (Fsp3) is 0.421. The number of aromatic nitrogens is 4. The Kier molecular flexibility index (Phi) is 5.34. The van der Waals surface area contributed by atoms with Crippen LogP contribution in [0.25, 0.3) is 11.5 Å². The number of nitrogens with zero attached hydrogens (tertiary/aromatic N) is 5. The highest BCUT2D eigenvalue weighted by atomic mass is 32.1. The van der Waals surface area contributed by atoms with Crippen molar-refractivity contribution in [2.24, 2.45) is 5.92 Å².